The number of Topliss-reactive ketones (excluding diaryl/α,β-unsaturated/α-hetero) is 1. The zero-order valence-corrected chi connectivity index (χ0v) is 18.0. The number of hydrogen-bond acceptors (Lipinski definition) is 4. The summed E-state index contributed by atoms with van der Waals surface area (Å²) in [6.45, 7) is 4.45. The molecule has 5 nitrogen and oxygen atoms in total. The molecule has 4 rings (SSSR count). The van der Waals surface area contributed by atoms with Gasteiger partial charge >= 0.3 is 5.97 Å². The molecule has 0 unspecified atom stereocenters. The Kier molecular flexibility index (Phi) is 6.26. The predicted molar refractivity (Wildman–Crippen MR) is 115 cm³/mol. The predicted octanol–water partition coefficient (Wildman–Crippen LogP) is 5.51. The second-order valence-electron chi connectivity index (χ2n) is 8.53. The van der Waals surface area contributed by atoms with Gasteiger partial charge < -0.3 is 14.5 Å². The SMILES string of the molecule is CCOc1ccc([C@H]2CC(=O)c3c([nH]c(C(=O)OC4CCCCCC4)c3C)C2)cc1. The summed E-state index contributed by atoms with van der Waals surface area (Å²) in [7, 11) is 0. The van der Waals surface area contributed by atoms with Crippen LogP contribution in [-0.2, 0) is 11.2 Å². The van der Waals surface area contributed by atoms with Crippen LogP contribution in [0.5, 0.6) is 5.75 Å². The lowest BCUT2D eigenvalue weighted by molar-refractivity contribution is 0.0260. The topological polar surface area (TPSA) is 68.4 Å². The van der Waals surface area contributed by atoms with Crippen molar-refractivity contribution < 1.29 is 19.1 Å². The molecule has 2 aliphatic carbocycles. The third-order valence-corrected chi connectivity index (χ3v) is 6.43. The molecule has 160 valence electrons. The van der Waals surface area contributed by atoms with Crippen LogP contribution in [0.1, 0.15) is 95.5 Å². The van der Waals surface area contributed by atoms with E-state index in [1.165, 1.54) is 12.8 Å². The van der Waals surface area contributed by atoms with Crippen LogP contribution in [0, 0.1) is 6.92 Å². The fourth-order valence-electron chi connectivity index (χ4n) is 4.85. The minimum atomic E-state index is -0.320. The molecule has 1 saturated carbocycles. The van der Waals surface area contributed by atoms with E-state index in [2.05, 4.69) is 4.98 Å². The van der Waals surface area contributed by atoms with Crippen LogP contribution in [0.4, 0.5) is 0 Å². The van der Waals surface area contributed by atoms with E-state index in [1.54, 1.807) is 0 Å². The summed E-state index contributed by atoms with van der Waals surface area (Å²) in [4.78, 5) is 29.0. The molecule has 0 spiro atoms. The van der Waals surface area contributed by atoms with Crippen molar-refractivity contribution in [3.8, 4) is 5.75 Å². The zero-order valence-electron chi connectivity index (χ0n) is 18.0. The third kappa shape index (κ3) is 4.30. The first-order chi connectivity index (χ1) is 14.6. The smallest absolute Gasteiger partial charge is 0.355 e. The van der Waals surface area contributed by atoms with Gasteiger partial charge in [0.15, 0.2) is 5.78 Å². The van der Waals surface area contributed by atoms with Gasteiger partial charge in [-0.1, -0.05) is 25.0 Å². The molecule has 2 aliphatic rings. The number of H-pyrrole nitrogens is 1. The van der Waals surface area contributed by atoms with Crippen LogP contribution in [0.2, 0.25) is 0 Å². The third-order valence-electron chi connectivity index (χ3n) is 6.43. The number of fused-ring (bicyclic) bond motifs is 1. The van der Waals surface area contributed by atoms with Crippen LogP contribution in [0.25, 0.3) is 0 Å². The number of nitrogens with one attached hydrogen (secondary N) is 1. The van der Waals surface area contributed by atoms with Crippen molar-refractivity contribution in [1.82, 2.24) is 4.98 Å². The summed E-state index contributed by atoms with van der Waals surface area (Å²) in [5.41, 5.74) is 3.84. The molecular weight excluding hydrogens is 378 g/mol. The molecule has 1 heterocycles. The summed E-state index contributed by atoms with van der Waals surface area (Å²) in [6.07, 6.45) is 7.68. The standard InChI is InChI=1S/C25H31NO4/c1-3-29-19-12-10-17(11-13-19)18-14-21-23(22(27)15-18)16(2)24(26-21)25(28)30-20-8-6-4-5-7-9-20/h10-13,18,20,26H,3-9,14-15H2,1-2H3/t18-/m1/s1. The van der Waals surface area contributed by atoms with Crippen molar-refractivity contribution in [1.29, 1.82) is 0 Å². The van der Waals surface area contributed by atoms with Crippen molar-refractivity contribution in [2.75, 3.05) is 6.61 Å². The molecule has 1 aromatic carbocycles. The molecule has 0 saturated heterocycles. The van der Waals surface area contributed by atoms with Gasteiger partial charge in [-0.2, -0.15) is 0 Å². The molecular formula is C25H31NO4. The van der Waals surface area contributed by atoms with Gasteiger partial charge in [0, 0.05) is 17.7 Å². The molecule has 5 heteroatoms. The molecule has 0 bridgehead atoms. The first-order valence-electron chi connectivity index (χ1n) is 11.2. The van der Waals surface area contributed by atoms with Crippen molar-refractivity contribution in [3.05, 3.63) is 52.3 Å². The number of carbonyl (C=O) groups is 2. The Bertz CT molecular complexity index is 904. The molecule has 30 heavy (non-hydrogen) atoms. The number of benzene rings is 1. The summed E-state index contributed by atoms with van der Waals surface area (Å²) in [5.74, 6) is 0.712. The molecule has 2 aromatic rings. The number of esters is 1. The number of aromatic nitrogens is 1. The highest BCUT2D eigenvalue weighted by molar-refractivity contribution is 6.03. The van der Waals surface area contributed by atoms with Crippen molar-refractivity contribution in [3.63, 3.8) is 0 Å². The van der Waals surface area contributed by atoms with Crippen LogP contribution in [0.3, 0.4) is 0 Å². The first-order valence-corrected chi connectivity index (χ1v) is 11.2. The molecule has 0 amide bonds. The van der Waals surface area contributed by atoms with Crippen molar-refractivity contribution >= 4 is 11.8 Å². The van der Waals surface area contributed by atoms with E-state index in [9.17, 15) is 9.59 Å². The number of hydrogen-bond donors (Lipinski definition) is 1. The molecule has 0 radical (unpaired) electrons. The van der Waals surface area contributed by atoms with Gasteiger partial charge in [-0.15, -0.1) is 0 Å². The Hall–Kier alpha value is -2.56. The fourth-order valence-corrected chi connectivity index (χ4v) is 4.85. The summed E-state index contributed by atoms with van der Waals surface area (Å²) in [6, 6.07) is 7.97. The maximum Gasteiger partial charge on any atom is 0.355 e. The van der Waals surface area contributed by atoms with Crippen molar-refractivity contribution in [2.45, 2.75) is 77.2 Å². The minimum Gasteiger partial charge on any atom is -0.494 e. The van der Waals surface area contributed by atoms with E-state index >= 15 is 0 Å². The van der Waals surface area contributed by atoms with Gasteiger partial charge in [-0.05, 0) is 75.1 Å². The van der Waals surface area contributed by atoms with Gasteiger partial charge in [0.25, 0.3) is 0 Å². The molecule has 0 aliphatic heterocycles. The van der Waals surface area contributed by atoms with Gasteiger partial charge in [0.05, 0.1) is 6.61 Å². The highest BCUT2D eigenvalue weighted by Gasteiger charge is 2.33. The number of rotatable bonds is 5. The minimum absolute atomic E-state index is 0.00738. The van der Waals surface area contributed by atoms with Crippen LogP contribution in [-0.4, -0.2) is 29.4 Å². The highest BCUT2D eigenvalue weighted by Crippen LogP contribution is 2.36. The van der Waals surface area contributed by atoms with E-state index in [4.69, 9.17) is 9.47 Å². The Morgan fingerprint density at radius 3 is 2.43 bits per heavy atom. The maximum atomic E-state index is 12.9. The lowest BCUT2D eigenvalue weighted by Crippen LogP contribution is -2.18. The lowest BCUT2D eigenvalue weighted by Gasteiger charge is -2.22. The zero-order chi connectivity index (χ0) is 21.1. The first kappa shape index (κ1) is 20.7. The Labute approximate surface area is 178 Å². The van der Waals surface area contributed by atoms with E-state index in [1.807, 2.05) is 38.1 Å². The van der Waals surface area contributed by atoms with Crippen LogP contribution < -0.4 is 4.74 Å². The average Bonchev–Trinajstić information content (AvgIpc) is 2.89. The molecule has 1 N–H and O–H groups in total. The Morgan fingerprint density at radius 2 is 1.77 bits per heavy atom. The highest BCUT2D eigenvalue weighted by atomic mass is 16.5. The molecule has 1 atom stereocenters. The Balaban J connectivity index is 1.51. The average molecular weight is 410 g/mol. The number of ketones is 1. The Morgan fingerprint density at radius 1 is 1.07 bits per heavy atom. The monoisotopic (exact) mass is 409 g/mol. The van der Waals surface area contributed by atoms with E-state index in [0.29, 0.717) is 30.7 Å². The van der Waals surface area contributed by atoms with E-state index in [-0.39, 0.29) is 23.8 Å². The second-order valence-corrected chi connectivity index (χ2v) is 8.53. The molecule has 1 aromatic heterocycles. The van der Waals surface area contributed by atoms with Gasteiger partial charge in [-0.25, -0.2) is 4.79 Å². The number of carbonyl (C=O) groups excluding carboxylic acids is 2. The second kappa shape index (κ2) is 9.07. The summed E-state index contributed by atoms with van der Waals surface area (Å²) >= 11 is 0. The van der Waals surface area contributed by atoms with E-state index < -0.39 is 0 Å². The van der Waals surface area contributed by atoms with Gasteiger partial charge in [0.2, 0.25) is 0 Å². The van der Waals surface area contributed by atoms with Gasteiger partial charge in [-0.3, -0.25) is 4.79 Å². The maximum absolute atomic E-state index is 12.9. The van der Waals surface area contributed by atoms with Gasteiger partial charge in [0.1, 0.15) is 17.5 Å². The number of aromatic amines is 1. The quantitative estimate of drug-likeness (QED) is 0.522. The fraction of sp³-hybridized carbons (Fsp3) is 0.520. The van der Waals surface area contributed by atoms with Crippen LogP contribution >= 0.6 is 0 Å². The summed E-state index contributed by atoms with van der Waals surface area (Å²) < 4.78 is 11.3. The summed E-state index contributed by atoms with van der Waals surface area (Å²) in [5, 5.41) is 0. The van der Waals surface area contributed by atoms with E-state index in [0.717, 1.165) is 48.3 Å². The van der Waals surface area contributed by atoms with Crippen LogP contribution in [0.15, 0.2) is 24.3 Å². The molecule has 1 fully saturated rings. The van der Waals surface area contributed by atoms with Crippen molar-refractivity contribution in [2.24, 2.45) is 0 Å². The normalized spacial score (nSPS) is 19.8. The lowest BCUT2D eigenvalue weighted by atomic mass is 9.81. The largest absolute Gasteiger partial charge is 0.494 e. The number of ether oxygens (including phenoxy) is 2.